The third kappa shape index (κ3) is 4.37. The Morgan fingerprint density at radius 2 is 1.90 bits per heavy atom. The van der Waals surface area contributed by atoms with E-state index < -0.39 is 19.1 Å². The molecule has 1 aliphatic heterocycles. The molecule has 1 aromatic carbocycles. The van der Waals surface area contributed by atoms with Gasteiger partial charge in [0.15, 0.2) is 8.32 Å². The summed E-state index contributed by atoms with van der Waals surface area (Å²) in [6, 6.07) is 4.58. The number of nitro groups is 1. The van der Waals surface area contributed by atoms with E-state index in [-0.39, 0.29) is 10.7 Å². The van der Waals surface area contributed by atoms with Crippen LogP contribution in [0.5, 0.6) is 0 Å². The van der Waals surface area contributed by atoms with Crippen molar-refractivity contribution in [2.75, 3.05) is 13.1 Å². The molecular weight excluding hydrogens is 411 g/mol. The van der Waals surface area contributed by atoms with Crippen LogP contribution in [-0.4, -0.2) is 43.4 Å². The molecule has 5 nitrogen and oxygen atoms in total. The number of rotatable bonds is 5. The molecular formula is C24H35FN2O3Si. The molecule has 1 aromatic rings. The minimum absolute atomic E-state index is 0.199. The molecule has 0 atom stereocenters. The lowest BCUT2D eigenvalue weighted by molar-refractivity contribution is -0.385. The van der Waals surface area contributed by atoms with Gasteiger partial charge < -0.3 is 4.43 Å². The summed E-state index contributed by atoms with van der Waals surface area (Å²) in [5.74, 6) is -0.501. The first-order valence-corrected chi connectivity index (χ1v) is 14.4. The summed E-state index contributed by atoms with van der Waals surface area (Å²) in [6.07, 6.45) is 8.24. The van der Waals surface area contributed by atoms with E-state index in [4.69, 9.17) is 4.43 Å². The minimum Gasteiger partial charge on any atom is -0.414 e. The lowest BCUT2D eigenvalue weighted by Crippen LogP contribution is -2.60. The molecule has 0 amide bonds. The van der Waals surface area contributed by atoms with E-state index in [9.17, 15) is 14.5 Å². The van der Waals surface area contributed by atoms with Crippen LogP contribution in [0.1, 0.15) is 58.4 Å². The summed E-state index contributed by atoms with van der Waals surface area (Å²) >= 11 is 0. The quantitative estimate of drug-likeness (QED) is 0.309. The fourth-order valence-corrected chi connectivity index (χ4v) is 6.61. The summed E-state index contributed by atoms with van der Waals surface area (Å²) in [5.41, 5.74) is 1.76. The highest BCUT2D eigenvalue weighted by Crippen LogP contribution is 2.59. The summed E-state index contributed by atoms with van der Waals surface area (Å²) in [6.45, 7) is 13.3. The van der Waals surface area contributed by atoms with E-state index in [0.29, 0.717) is 23.1 Å². The van der Waals surface area contributed by atoms with E-state index in [1.807, 2.05) is 0 Å². The second kappa shape index (κ2) is 7.78. The highest BCUT2D eigenvalue weighted by molar-refractivity contribution is 6.74. The molecule has 0 bridgehead atoms. The van der Waals surface area contributed by atoms with Gasteiger partial charge in [-0.15, -0.1) is 0 Å². The van der Waals surface area contributed by atoms with Gasteiger partial charge in [-0.3, -0.25) is 15.0 Å². The maximum absolute atomic E-state index is 14.3. The first-order chi connectivity index (χ1) is 14.4. The van der Waals surface area contributed by atoms with Gasteiger partial charge in [0.25, 0.3) is 5.69 Å². The largest absolute Gasteiger partial charge is 0.414 e. The smallest absolute Gasteiger partial charge is 0.272 e. The van der Waals surface area contributed by atoms with Crippen LogP contribution < -0.4 is 0 Å². The van der Waals surface area contributed by atoms with E-state index in [2.05, 4.69) is 44.8 Å². The molecule has 170 valence electrons. The highest BCUT2D eigenvalue weighted by Gasteiger charge is 2.56. The van der Waals surface area contributed by atoms with Gasteiger partial charge in [0.2, 0.25) is 0 Å². The Kier molecular flexibility index (Phi) is 5.68. The Bertz CT molecular complexity index is 895. The second-order valence-corrected chi connectivity index (χ2v) is 16.1. The van der Waals surface area contributed by atoms with Gasteiger partial charge in [0.1, 0.15) is 5.82 Å². The van der Waals surface area contributed by atoms with Crippen LogP contribution in [0.25, 0.3) is 5.57 Å². The fourth-order valence-electron chi connectivity index (χ4n) is 5.25. The average molecular weight is 447 g/mol. The van der Waals surface area contributed by atoms with Crippen LogP contribution in [0.3, 0.4) is 0 Å². The van der Waals surface area contributed by atoms with E-state index in [1.165, 1.54) is 31.7 Å². The first-order valence-electron chi connectivity index (χ1n) is 11.4. The molecule has 0 aromatic heterocycles. The number of nitro benzene ring substituents is 1. The Labute approximate surface area is 185 Å². The molecule has 2 saturated carbocycles. The lowest BCUT2D eigenvalue weighted by atomic mass is 9.52. The van der Waals surface area contributed by atoms with Crippen molar-refractivity contribution in [2.24, 2.45) is 5.41 Å². The Morgan fingerprint density at radius 1 is 1.23 bits per heavy atom. The van der Waals surface area contributed by atoms with Gasteiger partial charge >= 0.3 is 0 Å². The van der Waals surface area contributed by atoms with E-state index in [0.717, 1.165) is 31.1 Å². The van der Waals surface area contributed by atoms with Crippen molar-refractivity contribution in [3.63, 3.8) is 0 Å². The molecule has 0 N–H and O–H groups in total. The van der Waals surface area contributed by atoms with E-state index in [1.54, 1.807) is 6.07 Å². The zero-order chi connectivity index (χ0) is 22.6. The van der Waals surface area contributed by atoms with Crippen LogP contribution in [0, 0.1) is 21.3 Å². The maximum Gasteiger partial charge on any atom is 0.272 e. The molecule has 2 fully saturated rings. The predicted octanol–water partition coefficient (Wildman–Crippen LogP) is 6.16. The van der Waals surface area contributed by atoms with Gasteiger partial charge in [-0.25, -0.2) is 4.39 Å². The highest BCUT2D eigenvalue weighted by atomic mass is 28.4. The number of benzene rings is 1. The lowest BCUT2D eigenvalue weighted by Gasteiger charge is -2.61. The van der Waals surface area contributed by atoms with Crippen LogP contribution in [0.2, 0.25) is 18.1 Å². The maximum atomic E-state index is 14.3. The Morgan fingerprint density at radius 3 is 2.42 bits per heavy atom. The van der Waals surface area contributed by atoms with Crippen LogP contribution in [-0.2, 0) is 4.43 Å². The van der Waals surface area contributed by atoms with Crippen molar-refractivity contribution in [2.45, 2.75) is 83.2 Å². The van der Waals surface area contributed by atoms with Gasteiger partial charge in [-0.2, -0.15) is 0 Å². The number of nitrogens with zero attached hydrogens (tertiary/aromatic N) is 2. The number of hydrogen-bond donors (Lipinski definition) is 0. The molecule has 7 heteroatoms. The van der Waals surface area contributed by atoms with Gasteiger partial charge in [-0.05, 0) is 67.3 Å². The number of halogens is 1. The molecule has 0 unspecified atom stereocenters. The van der Waals surface area contributed by atoms with Crippen LogP contribution in [0.4, 0.5) is 10.1 Å². The molecule has 0 saturated heterocycles. The fraction of sp³-hybridized carbons (Fsp3) is 0.667. The minimum atomic E-state index is -1.68. The molecule has 31 heavy (non-hydrogen) atoms. The van der Waals surface area contributed by atoms with Crippen molar-refractivity contribution in [1.82, 2.24) is 4.90 Å². The van der Waals surface area contributed by atoms with Crippen molar-refractivity contribution in [1.29, 1.82) is 0 Å². The monoisotopic (exact) mass is 446 g/mol. The standard InChI is InChI=1S/C24H35FN2O3Si/c1-23(2,3)31(4,5)30-20-15-24(16-20)13-19(14-24)26-10-8-17(9-11-26)21-7-6-18(27(28)29)12-22(21)25/h6-8,12,19-20H,9-11,13-16H2,1-5H3. The second-order valence-electron chi connectivity index (χ2n) is 11.4. The first kappa shape index (κ1) is 22.6. The zero-order valence-corrected chi connectivity index (χ0v) is 20.4. The van der Waals surface area contributed by atoms with Crippen molar-refractivity contribution in [3.05, 3.63) is 45.8 Å². The van der Waals surface area contributed by atoms with Gasteiger partial charge in [0, 0.05) is 36.9 Å². The summed E-state index contributed by atoms with van der Waals surface area (Å²) in [5, 5.41) is 11.1. The molecule has 3 aliphatic rings. The predicted molar refractivity (Wildman–Crippen MR) is 124 cm³/mol. The molecule has 2 aliphatic carbocycles. The Hall–Kier alpha value is -1.57. The van der Waals surface area contributed by atoms with Crippen LogP contribution >= 0.6 is 0 Å². The van der Waals surface area contributed by atoms with Gasteiger partial charge in [-0.1, -0.05) is 26.8 Å². The third-order valence-electron chi connectivity index (χ3n) is 8.19. The zero-order valence-electron chi connectivity index (χ0n) is 19.4. The SMILES string of the molecule is CC(C)(C)[Si](C)(C)OC1CC2(C1)CC(N1CC=C(c3ccc([N+](=O)[O-])cc3F)CC1)C2. The summed E-state index contributed by atoms with van der Waals surface area (Å²) < 4.78 is 20.9. The molecule has 1 spiro atoms. The van der Waals surface area contributed by atoms with Crippen molar-refractivity contribution in [3.8, 4) is 0 Å². The van der Waals surface area contributed by atoms with Gasteiger partial charge in [0.05, 0.1) is 11.0 Å². The van der Waals surface area contributed by atoms with Crippen molar-refractivity contribution < 1.29 is 13.7 Å². The van der Waals surface area contributed by atoms with Crippen LogP contribution in [0.15, 0.2) is 24.3 Å². The Balaban J connectivity index is 1.27. The third-order valence-corrected chi connectivity index (χ3v) is 12.7. The summed E-state index contributed by atoms with van der Waals surface area (Å²) in [7, 11) is -1.68. The number of non-ortho nitro benzene ring substituents is 1. The normalized spacial score (nSPS) is 29.3. The average Bonchev–Trinajstić information content (AvgIpc) is 2.61. The summed E-state index contributed by atoms with van der Waals surface area (Å²) in [4.78, 5) is 12.8. The van der Waals surface area contributed by atoms with Crippen molar-refractivity contribution >= 4 is 19.6 Å². The topological polar surface area (TPSA) is 55.6 Å². The number of hydrogen-bond acceptors (Lipinski definition) is 4. The molecule has 1 heterocycles. The molecule has 4 rings (SSSR count). The van der Waals surface area contributed by atoms with E-state index >= 15 is 0 Å². The molecule has 0 radical (unpaired) electrons.